The van der Waals surface area contributed by atoms with Gasteiger partial charge in [-0.2, -0.15) is 0 Å². The molecule has 0 aliphatic heterocycles. The zero-order valence-corrected chi connectivity index (χ0v) is 8.59. The number of aromatic nitrogens is 3. The summed E-state index contributed by atoms with van der Waals surface area (Å²) in [5.41, 5.74) is 1.55. The van der Waals surface area contributed by atoms with Crippen molar-refractivity contribution in [3.8, 4) is 0 Å². The first-order chi connectivity index (χ1) is 7.84. The molecule has 5 heteroatoms. The molecule has 0 fully saturated rings. The molecule has 2 aromatic rings. The van der Waals surface area contributed by atoms with E-state index in [0.717, 1.165) is 5.56 Å². The summed E-state index contributed by atoms with van der Waals surface area (Å²) in [5.74, 6) is -0.308. The van der Waals surface area contributed by atoms with Crippen molar-refractivity contribution in [2.24, 2.45) is 0 Å². The average Bonchev–Trinajstić information content (AvgIpc) is 2.81. The molecule has 0 saturated heterocycles. The number of esters is 1. The lowest BCUT2D eigenvalue weighted by molar-refractivity contribution is -0.144. The molecular weight excluding hydrogens is 206 g/mol. The standard InChI is InChI=1S/C11H11N3O2/c15-11(6-10-7-12-14-13-10)16-8-9-4-2-1-3-5-9/h1-5,7H,6,8H2,(H,12,13,14). The minimum atomic E-state index is -0.308. The molecule has 16 heavy (non-hydrogen) atoms. The zero-order valence-electron chi connectivity index (χ0n) is 8.59. The van der Waals surface area contributed by atoms with Gasteiger partial charge in [0.1, 0.15) is 6.61 Å². The minimum Gasteiger partial charge on any atom is -0.461 e. The van der Waals surface area contributed by atoms with Gasteiger partial charge >= 0.3 is 5.97 Å². The Morgan fingerprint density at radius 2 is 2.12 bits per heavy atom. The Balaban J connectivity index is 1.80. The van der Waals surface area contributed by atoms with Crippen LogP contribution in [0.5, 0.6) is 0 Å². The Hall–Kier alpha value is -2.17. The second-order valence-corrected chi connectivity index (χ2v) is 3.29. The Bertz CT molecular complexity index is 440. The number of H-pyrrole nitrogens is 1. The molecule has 1 heterocycles. The van der Waals surface area contributed by atoms with Crippen LogP contribution in [0, 0.1) is 0 Å². The van der Waals surface area contributed by atoms with Crippen molar-refractivity contribution in [2.45, 2.75) is 13.0 Å². The maximum absolute atomic E-state index is 11.4. The first-order valence-electron chi connectivity index (χ1n) is 4.89. The first kappa shape index (κ1) is 10.4. The van der Waals surface area contributed by atoms with Crippen LogP contribution in [0.1, 0.15) is 11.3 Å². The van der Waals surface area contributed by atoms with E-state index in [1.807, 2.05) is 30.3 Å². The lowest BCUT2D eigenvalue weighted by Crippen LogP contribution is -2.08. The number of hydrogen-bond donors (Lipinski definition) is 1. The van der Waals surface area contributed by atoms with Crippen LogP contribution in [0.2, 0.25) is 0 Å². The van der Waals surface area contributed by atoms with Crippen LogP contribution in [0.4, 0.5) is 0 Å². The fourth-order valence-electron chi connectivity index (χ4n) is 1.25. The van der Waals surface area contributed by atoms with Gasteiger partial charge in [-0.25, -0.2) is 0 Å². The van der Waals surface area contributed by atoms with E-state index in [2.05, 4.69) is 15.4 Å². The molecule has 82 valence electrons. The molecule has 0 aliphatic rings. The van der Waals surface area contributed by atoms with E-state index in [-0.39, 0.29) is 19.0 Å². The molecule has 0 atom stereocenters. The van der Waals surface area contributed by atoms with E-state index in [1.165, 1.54) is 0 Å². The molecule has 5 nitrogen and oxygen atoms in total. The Kier molecular flexibility index (Phi) is 3.28. The van der Waals surface area contributed by atoms with Crippen molar-refractivity contribution in [3.05, 3.63) is 47.8 Å². The molecule has 0 saturated carbocycles. The summed E-state index contributed by atoms with van der Waals surface area (Å²) in [6, 6.07) is 9.54. The van der Waals surface area contributed by atoms with E-state index in [9.17, 15) is 4.79 Å². The van der Waals surface area contributed by atoms with Crippen molar-refractivity contribution in [3.63, 3.8) is 0 Å². The largest absolute Gasteiger partial charge is 0.461 e. The van der Waals surface area contributed by atoms with Crippen LogP contribution in [0.25, 0.3) is 0 Å². The molecule has 2 rings (SSSR count). The Morgan fingerprint density at radius 3 is 2.81 bits per heavy atom. The number of rotatable bonds is 4. The van der Waals surface area contributed by atoms with Crippen molar-refractivity contribution < 1.29 is 9.53 Å². The molecule has 0 unspecified atom stereocenters. The van der Waals surface area contributed by atoms with Gasteiger partial charge in [0.2, 0.25) is 0 Å². The van der Waals surface area contributed by atoms with E-state index < -0.39 is 0 Å². The quantitative estimate of drug-likeness (QED) is 0.778. The lowest BCUT2D eigenvalue weighted by Gasteiger charge is -2.02. The van der Waals surface area contributed by atoms with Gasteiger partial charge in [0, 0.05) is 6.20 Å². The molecular formula is C11H11N3O2. The summed E-state index contributed by atoms with van der Waals surface area (Å²) in [7, 11) is 0. The fourth-order valence-corrected chi connectivity index (χ4v) is 1.25. The highest BCUT2D eigenvalue weighted by Gasteiger charge is 2.06. The average molecular weight is 217 g/mol. The maximum atomic E-state index is 11.4. The third kappa shape index (κ3) is 2.91. The molecule has 0 spiro atoms. The van der Waals surface area contributed by atoms with Gasteiger partial charge in [-0.05, 0) is 5.56 Å². The third-order valence-electron chi connectivity index (χ3n) is 2.04. The topological polar surface area (TPSA) is 67.9 Å². The second-order valence-electron chi connectivity index (χ2n) is 3.29. The highest BCUT2D eigenvalue weighted by Crippen LogP contribution is 2.02. The summed E-state index contributed by atoms with van der Waals surface area (Å²) in [4.78, 5) is 11.4. The van der Waals surface area contributed by atoms with E-state index in [4.69, 9.17) is 4.74 Å². The molecule has 0 aliphatic carbocycles. The number of hydrogen-bond acceptors (Lipinski definition) is 4. The van der Waals surface area contributed by atoms with Crippen LogP contribution in [-0.4, -0.2) is 21.4 Å². The van der Waals surface area contributed by atoms with Crippen molar-refractivity contribution >= 4 is 5.97 Å². The predicted molar refractivity (Wildman–Crippen MR) is 56.3 cm³/mol. The summed E-state index contributed by atoms with van der Waals surface area (Å²) in [6.07, 6.45) is 1.72. The third-order valence-corrected chi connectivity index (χ3v) is 2.04. The number of benzene rings is 1. The molecule has 0 radical (unpaired) electrons. The predicted octanol–water partition coefficient (Wildman–Crippen LogP) is 1.09. The minimum absolute atomic E-state index is 0.142. The summed E-state index contributed by atoms with van der Waals surface area (Å²) < 4.78 is 5.08. The van der Waals surface area contributed by atoms with Crippen LogP contribution < -0.4 is 0 Å². The highest BCUT2D eigenvalue weighted by atomic mass is 16.5. The summed E-state index contributed by atoms with van der Waals surface area (Å²) in [6.45, 7) is 0.289. The Morgan fingerprint density at radius 1 is 1.31 bits per heavy atom. The Labute approximate surface area is 92.4 Å². The van der Waals surface area contributed by atoms with Gasteiger partial charge in [-0.3, -0.25) is 9.89 Å². The van der Waals surface area contributed by atoms with Crippen LogP contribution in [0.3, 0.4) is 0 Å². The number of nitrogens with one attached hydrogen (secondary N) is 1. The van der Waals surface area contributed by atoms with Gasteiger partial charge in [0.05, 0.1) is 12.1 Å². The van der Waals surface area contributed by atoms with Crippen LogP contribution in [-0.2, 0) is 22.6 Å². The zero-order chi connectivity index (χ0) is 11.2. The van der Waals surface area contributed by atoms with Gasteiger partial charge < -0.3 is 4.74 Å². The van der Waals surface area contributed by atoms with Crippen molar-refractivity contribution in [1.29, 1.82) is 0 Å². The number of carbonyl (C=O) groups excluding carboxylic acids is 1. The van der Waals surface area contributed by atoms with Gasteiger partial charge in [-0.15, -0.1) is 5.10 Å². The SMILES string of the molecule is O=C(Cc1c[nH]nn1)OCc1ccccc1. The summed E-state index contributed by atoms with van der Waals surface area (Å²) in [5, 5.41) is 9.76. The van der Waals surface area contributed by atoms with E-state index in [1.54, 1.807) is 6.20 Å². The van der Waals surface area contributed by atoms with Crippen molar-refractivity contribution in [1.82, 2.24) is 15.4 Å². The summed E-state index contributed by atoms with van der Waals surface area (Å²) >= 11 is 0. The van der Waals surface area contributed by atoms with Gasteiger partial charge in [0.15, 0.2) is 0 Å². The molecule has 1 aromatic carbocycles. The first-order valence-corrected chi connectivity index (χ1v) is 4.89. The highest BCUT2D eigenvalue weighted by molar-refractivity contribution is 5.71. The van der Waals surface area contributed by atoms with Crippen molar-refractivity contribution in [2.75, 3.05) is 0 Å². The molecule has 0 amide bonds. The molecule has 0 bridgehead atoms. The smallest absolute Gasteiger partial charge is 0.312 e. The molecule has 1 N–H and O–H groups in total. The fraction of sp³-hybridized carbons (Fsp3) is 0.182. The lowest BCUT2D eigenvalue weighted by atomic mass is 10.2. The van der Waals surface area contributed by atoms with E-state index >= 15 is 0 Å². The second kappa shape index (κ2) is 5.06. The molecule has 1 aromatic heterocycles. The van der Waals surface area contributed by atoms with Crippen LogP contribution >= 0.6 is 0 Å². The number of aromatic amines is 1. The normalized spacial score (nSPS) is 10.0. The number of carbonyl (C=O) groups is 1. The van der Waals surface area contributed by atoms with Gasteiger partial charge in [-0.1, -0.05) is 35.5 Å². The van der Waals surface area contributed by atoms with Crippen LogP contribution in [0.15, 0.2) is 36.5 Å². The number of ether oxygens (including phenoxy) is 1. The van der Waals surface area contributed by atoms with Gasteiger partial charge in [0.25, 0.3) is 0 Å². The maximum Gasteiger partial charge on any atom is 0.312 e. The van der Waals surface area contributed by atoms with E-state index in [0.29, 0.717) is 5.69 Å². The monoisotopic (exact) mass is 217 g/mol. The number of nitrogens with zero attached hydrogens (tertiary/aromatic N) is 2.